The number of nitrogens with one attached hydrogen (secondary N) is 1. The van der Waals surface area contributed by atoms with E-state index in [2.05, 4.69) is 26.7 Å². The molecule has 2 heterocycles. The average Bonchev–Trinajstić information content (AvgIpc) is 3.21. The zero-order valence-corrected chi connectivity index (χ0v) is 15.7. The molecular formula is C22H17ClN4. The molecule has 4 nitrogen and oxygen atoms in total. The van der Waals surface area contributed by atoms with E-state index >= 15 is 0 Å². The quantitative estimate of drug-likeness (QED) is 0.470. The first kappa shape index (κ1) is 17.1. The maximum atomic E-state index is 9.68. The predicted octanol–water partition coefficient (Wildman–Crippen LogP) is 5.69. The van der Waals surface area contributed by atoms with Gasteiger partial charge in [-0.25, -0.2) is 4.98 Å². The number of nitriles is 1. The molecule has 0 saturated carbocycles. The molecule has 2 aromatic heterocycles. The van der Waals surface area contributed by atoms with Gasteiger partial charge in [0.1, 0.15) is 11.9 Å². The molecule has 0 bridgehead atoms. The number of nitrogens with zero attached hydrogens (tertiary/aromatic N) is 3. The molecule has 0 aliphatic rings. The van der Waals surface area contributed by atoms with Crippen LogP contribution in [0.5, 0.6) is 0 Å². The number of H-pyrrole nitrogens is 1. The molecule has 0 radical (unpaired) electrons. The van der Waals surface area contributed by atoms with Crippen molar-refractivity contribution in [3.63, 3.8) is 0 Å². The van der Waals surface area contributed by atoms with Crippen molar-refractivity contribution in [1.82, 2.24) is 14.5 Å². The number of halogens is 1. The Hall–Kier alpha value is -3.29. The predicted molar refractivity (Wildman–Crippen MR) is 110 cm³/mol. The molecule has 5 heteroatoms. The Morgan fingerprint density at radius 2 is 1.89 bits per heavy atom. The summed E-state index contributed by atoms with van der Waals surface area (Å²) in [6.45, 7) is 4.09. The van der Waals surface area contributed by atoms with E-state index in [1.807, 2.05) is 68.5 Å². The molecule has 0 fully saturated rings. The van der Waals surface area contributed by atoms with Gasteiger partial charge in [-0.2, -0.15) is 5.26 Å². The Bertz CT molecular complexity index is 1170. The van der Waals surface area contributed by atoms with Crippen LogP contribution < -0.4 is 0 Å². The second-order valence-corrected chi connectivity index (χ2v) is 6.85. The molecule has 0 aliphatic carbocycles. The first-order chi connectivity index (χ1) is 13.1. The monoisotopic (exact) mass is 372 g/mol. The number of aryl methyl sites for hydroxylation is 1. The largest absolute Gasteiger partial charge is 0.337 e. The van der Waals surface area contributed by atoms with Crippen LogP contribution in [0.15, 0.2) is 54.6 Å². The number of hydrogen-bond acceptors (Lipinski definition) is 2. The normalized spacial score (nSPS) is 11.7. The van der Waals surface area contributed by atoms with Crippen molar-refractivity contribution in [3.8, 4) is 11.8 Å². The molecule has 4 rings (SSSR count). The molecule has 0 spiro atoms. The third-order valence-corrected chi connectivity index (χ3v) is 4.87. The van der Waals surface area contributed by atoms with Gasteiger partial charge in [-0.15, -0.1) is 0 Å². The van der Waals surface area contributed by atoms with E-state index in [1.165, 1.54) is 0 Å². The molecule has 1 N–H and O–H groups in total. The summed E-state index contributed by atoms with van der Waals surface area (Å²) in [7, 11) is 0. The SMILES string of the molecule is Cc1cc(/C=C(/C#N)c2nc3ccccc3[nH]2)c(C)n1-c1ccc(Cl)cc1. The smallest absolute Gasteiger partial charge is 0.149 e. The van der Waals surface area contributed by atoms with Crippen LogP contribution in [0.3, 0.4) is 0 Å². The highest BCUT2D eigenvalue weighted by Crippen LogP contribution is 2.26. The van der Waals surface area contributed by atoms with Gasteiger partial charge in [0.05, 0.1) is 16.6 Å². The highest BCUT2D eigenvalue weighted by molar-refractivity contribution is 6.30. The highest BCUT2D eigenvalue weighted by atomic mass is 35.5. The lowest BCUT2D eigenvalue weighted by Crippen LogP contribution is -1.98. The van der Waals surface area contributed by atoms with Crippen molar-refractivity contribution in [2.45, 2.75) is 13.8 Å². The van der Waals surface area contributed by atoms with Crippen LogP contribution in [0.1, 0.15) is 22.8 Å². The molecule has 2 aromatic carbocycles. The summed E-state index contributed by atoms with van der Waals surface area (Å²) in [5, 5.41) is 10.4. The molecule has 0 unspecified atom stereocenters. The van der Waals surface area contributed by atoms with E-state index in [0.29, 0.717) is 16.4 Å². The zero-order valence-electron chi connectivity index (χ0n) is 15.0. The lowest BCUT2D eigenvalue weighted by molar-refractivity contribution is 0.964. The van der Waals surface area contributed by atoms with Gasteiger partial charge in [0.25, 0.3) is 0 Å². The standard InChI is InChI=1S/C22H17ClN4/c1-14-11-16(15(2)27(14)19-9-7-18(23)8-10-19)12-17(13-24)22-25-20-5-3-4-6-21(20)26-22/h3-12H,1-2H3,(H,25,26)/b17-12-. The van der Waals surface area contributed by atoms with Gasteiger partial charge in [-0.3, -0.25) is 0 Å². The van der Waals surface area contributed by atoms with E-state index in [9.17, 15) is 5.26 Å². The lowest BCUT2D eigenvalue weighted by Gasteiger charge is -2.09. The highest BCUT2D eigenvalue weighted by Gasteiger charge is 2.13. The third-order valence-electron chi connectivity index (χ3n) is 4.62. The minimum atomic E-state index is 0.502. The molecule has 0 aliphatic heterocycles. The summed E-state index contributed by atoms with van der Waals surface area (Å²) in [4.78, 5) is 7.76. The topological polar surface area (TPSA) is 57.4 Å². The number of imidazole rings is 1. The molecule has 0 atom stereocenters. The van der Waals surface area contributed by atoms with Crippen molar-refractivity contribution in [3.05, 3.63) is 82.4 Å². The summed E-state index contributed by atoms with van der Waals surface area (Å²) in [6.07, 6.45) is 1.88. The van der Waals surface area contributed by atoms with Crippen LogP contribution >= 0.6 is 11.6 Å². The van der Waals surface area contributed by atoms with E-state index < -0.39 is 0 Å². The van der Waals surface area contributed by atoms with Crippen LogP contribution in [0.2, 0.25) is 5.02 Å². The number of aromatic nitrogens is 3. The van der Waals surface area contributed by atoms with Gasteiger partial charge in [0.15, 0.2) is 0 Å². The lowest BCUT2D eigenvalue weighted by atomic mass is 10.1. The number of benzene rings is 2. The second-order valence-electron chi connectivity index (χ2n) is 6.41. The van der Waals surface area contributed by atoms with E-state index in [1.54, 1.807) is 0 Å². The molecule has 0 saturated heterocycles. The maximum Gasteiger partial charge on any atom is 0.149 e. The second kappa shape index (κ2) is 6.79. The summed E-state index contributed by atoms with van der Waals surface area (Å²) < 4.78 is 2.15. The van der Waals surface area contributed by atoms with Gasteiger partial charge < -0.3 is 9.55 Å². The van der Waals surface area contributed by atoms with E-state index in [4.69, 9.17) is 11.6 Å². The minimum absolute atomic E-state index is 0.502. The minimum Gasteiger partial charge on any atom is -0.337 e. The van der Waals surface area contributed by atoms with E-state index in [-0.39, 0.29) is 0 Å². The van der Waals surface area contributed by atoms with Crippen LogP contribution in [0.4, 0.5) is 0 Å². The Kier molecular flexibility index (Phi) is 4.31. The average molecular weight is 373 g/mol. The fourth-order valence-corrected chi connectivity index (χ4v) is 3.44. The van der Waals surface area contributed by atoms with Gasteiger partial charge in [0.2, 0.25) is 0 Å². The van der Waals surface area contributed by atoms with Crippen molar-refractivity contribution in [2.75, 3.05) is 0 Å². The fourth-order valence-electron chi connectivity index (χ4n) is 3.31. The summed E-state index contributed by atoms with van der Waals surface area (Å²) >= 11 is 6.01. The third kappa shape index (κ3) is 3.14. The van der Waals surface area contributed by atoms with Gasteiger partial charge in [0, 0.05) is 22.1 Å². The van der Waals surface area contributed by atoms with Crippen molar-refractivity contribution in [2.24, 2.45) is 0 Å². The van der Waals surface area contributed by atoms with Crippen LogP contribution in [-0.2, 0) is 0 Å². The van der Waals surface area contributed by atoms with Gasteiger partial charge >= 0.3 is 0 Å². The maximum absolute atomic E-state index is 9.68. The Labute approximate surface area is 162 Å². The fraction of sp³-hybridized carbons (Fsp3) is 0.0909. The molecule has 27 heavy (non-hydrogen) atoms. The van der Waals surface area contributed by atoms with E-state index in [0.717, 1.165) is 33.7 Å². The van der Waals surface area contributed by atoms with Gasteiger partial charge in [-0.05, 0) is 68.0 Å². The van der Waals surface area contributed by atoms with Crippen molar-refractivity contribution >= 4 is 34.3 Å². The molecular weight excluding hydrogens is 356 g/mol. The number of allylic oxidation sites excluding steroid dienone is 1. The first-order valence-electron chi connectivity index (χ1n) is 8.58. The Morgan fingerprint density at radius 3 is 2.59 bits per heavy atom. The Morgan fingerprint density at radius 1 is 1.15 bits per heavy atom. The summed E-state index contributed by atoms with van der Waals surface area (Å²) in [5.74, 6) is 0.579. The number of para-hydroxylation sites is 2. The molecule has 4 aromatic rings. The Balaban J connectivity index is 1.79. The molecule has 0 amide bonds. The van der Waals surface area contributed by atoms with Gasteiger partial charge in [-0.1, -0.05) is 23.7 Å². The van der Waals surface area contributed by atoms with Crippen molar-refractivity contribution in [1.29, 1.82) is 5.26 Å². The zero-order chi connectivity index (χ0) is 19.0. The van der Waals surface area contributed by atoms with Crippen LogP contribution in [0.25, 0.3) is 28.4 Å². The number of rotatable bonds is 3. The van der Waals surface area contributed by atoms with Crippen LogP contribution in [0, 0.1) is 25.2 Å². The summed E-state index contributed by atoms with van der Waals surface area (Å²) in [6, 6.07) is 19.8. The summed E-state index contributed by atoms with van der Waals surface area (Å²) in [5.41, 5.74) is 6.43. The van der Waals surface area contributed by atoms with Crippen molar-refractivity contribution < 1.29 is 0 Å². The first-order valence-corrected chi connectivity index (χ1v) is 8.96. The number of hydrogen-bond donors (Lipinski definition) is 1. The number of fused-ring (bicyclic) bond motifs is 1. The van der Waals surface area contributed by atoms with Crippen LogP contribution in [-0.4, -0.2) is 14.5 Å². The molecule has 132 valence electrons. The number of aromatic amines is 1.